The molecule has 0 saturated heterocycles. The van der Waals surface area contributed by atoms with E-state index in [9.17, 15) is 46.6 Å². The molecule has 2 aliphatic heterocycles. The fourth-order valence-electron chi connectivity index (χ4n) is 17.4. The van der Waals surface area contributed by atoms with E-state index in [0.717, 1.165) is 11.1 Å². The van der Waals surface area contributed by atoms with Gasteiger partial charge in [0.1, 0.15) is 0 Å². The third kappa shape index (κ3) is 15.7. The second-order valence-corrected chi connectivity index (χ2v) is 45.3. The molecule has 0 bridgehead atoms. The van der Waals surface area contributed by atoms with Crippen molar-refractivity contribution in [1.29, 1.82) is 0 Å². The van der Waals surface area contributed by atoms with Crippen LogP contribution in [-0.4, -0.2) is 15.8 Å². The summed E-state index contributed by atoms with van der Waals surface area (Å²) in [6, 6.07) is -4.37. The first-order valence-electron chi connectivity index (χ1n) is 61.7. The number of para-hydroxylation sites is 4. The topological polar surface area (TPSA) is 16.3 Å². The number of benzene rings is 14. The molecule has 0 unspecified atom stereocenters. The molecule has 16 aromatic rings. The Balaban J connectivity index is 1.28. The molecule has 2 aliphatic rings. The van der Waals surface area contributed by atoms with Crippen LogP contribution in [0.4, 0.5) is 34.1 Å². The van der Waals surface area contributed by atoms with Gasteiger partial charge in [0.15, 0.2) is 0 Å². The average molecular weight is 1730 g/mol. The molecule has 2 aromatic heterocycles. The quantitative estimate of drug-likeness (QED) is 0.134. The van der Waals surface area contributed by atoms with Gasteiger partial charge < -0.3 is 18.9 Å². The van der Waals surface area contributed by atoms with Gasteiger partial charge in [-0.15, -0.1) is 0 Å². The lowest BCUT2D eigenvalue weighted by atomic mass is 9.33. The van der Waals surface area contributed by atoms with Crippen LogP contribution in [0.2, 0.25) is 0 Å². The van der Waals surface area contributed by atoms with Crippen molar-refractivity contribution in [2.24, 2.45) is 0 Å². The minimum atomic E-state index is -1.57. The maximum atomic E-state index is 12.0. The van der Waals surface area contributed by atoms with E-state index in [-0.39, 0.29) is 123 Å². The summed E-state index contributed by atoms with van der Waals surface area (Å²) in [5.74, 6) is 0. The zero-order valence-electron chi connectivity index (χ0n) is 114. The smallest absolute Gasteiger partial charge is 0.252 e. The summed E-state index contributed by atoms with van der Waals surface area (Å²) in [4.78, 5) is 3.08. The van der Waals surface area contributed by atoms with E-state index < -0.39 is 338 Å². The molecule has 4 nitrogen and oxygen atoms in total. The van der Waals surface area contributed by atoms with Gasteiger partial charge in [0.2, 0.25) is 0 Å². The lowest BCUT2D eigenvalue weighted by Gasteiger charge is -2.46. The second-order valence-electron chi connectivity index (χ2n) is 45.3. The van der Waals surface area contributed by atoms with Crippen LogP contribution in [0.25, 0.3) is 111 Å². The van der Waals surface area contributed by atoms with E-state index in [4.69, 9.17) is 0 Å². The zero-order valence-corrected chi connectivity index (χ0v) is 80.2. The predicted molar refractivity (Wildman–Crippen MR) is 563 cm³/mol. The fourth-order valence-corrected chi connectivity index (χ4v) is 17.4. The van der Waals surface area contributed by atoms with Crippen molar-refractivity contribution in [2.75, 3.05) is 9.80 Å². The van der Waals surface area contributed by atoms with Gasteiger partial charge in [0.05, 0.1) is 85.7 Å². The van der Waals surface area contributed by atoms with Crippen LogP contribution in [0.1, 0.15) is 310 Å². The summed E-state index contributed by atoms with van der Waals surface area (Å²) < 4.78 is 363. The molecule has 0 aliphatic carbocycles. The standard InChI is InChI=1S/C124H135BN4/c1-115(2,3)81-52-47-76(48-53-81)97-68-88(122(22,23)24)70-99(80-63-86(120(16,17)18)67-87(64-80)121(19,20)21)113(97)128-108-65-78(79-61-84(118(10,11)12)66-85(62-79)119(13,14)15)51-59-102(108)125-103-60-57-90(126-104-43-35-31-39-93(104)94-40-32-36-44-105(94)126)73-109(103)129(111-75-91(74-110(128)112(111)125)127-106-45-37-33-41-95(106)96-42-34-38-46-107(96)127)114-98(77-49-54-82(55-50-77)116(4,5)6)69-89(123(25,26)27)71-100(114)92-58-56-83(117(7,8)9)72-101(92)124(28,29)30/h31-75H,1-30H3/i31D,32D,33D,34D,35D,36D,37D,38D,39D,40D,41D,42D,43D,44D,45D,46D,47D,48D,49D,50D,52D,53D,54D,55D,56D,58D,63D,64D,67D,68D,69D,70D,71D,72D. The van der Waals surface area contributed by atoms with Crippen molar-refractivity contribution in [2.45, 2.75) is 262 Å². The van der Waals surface area contributed by atoms with E-state index >= 15 is 0 Å². The first-order chi connectivity index (χ1) is 74.5. The van der Waals surface area contributed by atoms with Crippen molar-refractivity contribution in [3.05, 3.63) is 328 Å². The van der Waals surface area contributed by atoms with Crippen LogP contribution >= 0.6 is 0 Å². The molecule has 5 heteroatoms. The summed E-state index contributed by atoms with van der Waals surface area (Å²) in [7, 11) is 0. The Labute approximate surface area is 819 Å². The average Bonchev–Trinajstić information content (AvgIpc) is 0.970. The molecule has 654 valence electrons. The summed E-state index contributed by atoms with van der Waals surface area (Å²) in [6.45, 7) is 52.5. The van der Waals surface area contributed by atoms with Crippen molar-refractivity contribution < 1.29 is 46.6 Å². The van der Waals surface area contributed by atoms with Crippen LogP contribution in [0.15, 0.2) is 272 Å². The molecule has 0 N–H and O–H groups in total. The number of hydrogen-bond acceptors (Lipinski definition) is 2. The Morgan fingerprint density at radius 2 is 0.558 bits per heavy atom. The van der Waals surface area contributed by atoms with Crippen molar-refractivity contribution in [3.63, 3.8) is 0 Å². The molecular formula is C124H135BN4. The summed E-state index contributed by atoms with van der Waals surface area (Å²) in [5.41, 5.74) is -17.2. The van der Waals surface area contributed by atoms with Crippen molar-refractivity contribution in [1.82, 2.24) is 9.13 Å². The first-order valence-corrected chi connectivity index (χ1v) is 44.7. The van der Waals surface area contributed by atoms with Gasteiger partial charge in [0.25, 0.3) is 6.71 Å². The highest BCUT2D eigenvalue weighted by Crippen LogP contribution is 2.58. The maximum Gasteiger partial charge on any atom is 0.252 e. The summed E-state index contributed by atoms with van der Waals surface area (Å²) >= 11 is 0. The minimum Gasteiger partial charge on any atom is -0.310 e. The van der Waals surface area contributed by atoms with E-state index in [0.29, 0.717) is 11.1 Å². The van der Waals surface area contributed by atoms with Gasteiger partial charge >= 0.3 is 0 Å². The Hall–Kier alpha value is -11.7. The number of nitrogens with zero attached hydrogens (tertiary/aromatic N) is 4. The van der Waals surface area contributed by atoms with Crippen molar-refractivity contribution in [3.8, 4) is 67.0 Å². The Morgan fingerprint density at radius 1 is 0.225 bits per heavy atom. The molecule has 0 radical (unpaired) electrons. The van der Waals surface area contributed by atoms with E-state index in [1.54, 1.807) is 177 Å². The van der Waals surface area contributed by atoms with Crippen LogP contribution < -0.4 is 26.2 Å². The molecule has 18 rings (SSSR count). The zero-order chi connectivity index (χ0) is 122. The normalized spacial score (nSPS) is 17.5. The molecule has 0 amide bonds. The van der Waals surface area contributed by atoms with Crippen molar-refractivity contribution >= 4 is 101 Å². The highest BCUT2D eigenvalue weighted by molar-refractivity contribution is 7.00. The van der Waals surface area contributed by atoms with Crippen LogP contribution in [0.5, 0.6) is 0 Å². The first kappa shape index (κ1) is 56.0. The molecule has 0 atom stereocenters. The van der Waals surface area contributed by atoms with Gasteiger partial charge in [-0.05, 0) is 238 Å². The lowest BCUT2D eigenvalue weighted by Crippen LogP contribution is -2.61. The minimum absolute atomic E-state index is 0.00747. The molecule has 129 heavy (non-hydrogen) atoms. The molecule has 0 saturated carbocycles. The molecule has 14 aromatic carbocycles. The number of aromatic nitrogens is 2. The van der Waals surface area contributed by atoms with E-state index in [1.165, 1.54) is 38.3 Å². The molecule has 0 spiro atoms. The highest BCUT2D eigenvalue weighted by atomic mass is 15.2. The number of anilines is 6. The molecule has 0 fully saturated rings. The molecule has 4 heterocycles. The largest absolute Gasteiger partial charge is 0.310 e. The van der Waals surface area contributed by atoms with Crippen LogP contribution in [0, 0.1) is 0 Å². The molecular weight excluding hydrogens is 1560 g/mol. The highest BCUT2D eigenvalue weighted by Gasteiger charge is 2.48. The van der Waals surface area contributed by atoms with Gasteiger partial charge in [-0.3, -0.25) is 0 Å². The van der Waals surface area contributed by atoms with Gasteiger partial charge in [-0.1, -0.05) is 401 Å². The van der Waals surface area contributed by atoms with Gasteiger partial charge in [-0.25, -0.2) is 0 Å². The summed E-state index contributed by atoms with van der Waals surface area (Å²) in [6.07, 6.45) is 0. The number of fused-ring (bicyclic) bond motifs is 10. The number of hydrogen-bond donors (Lipinski definition) is 0. The fraction of sp³-hybridized carbons (Fsp3) is 0.323. The van der Waals surface area contributed by atoms with E-state index in [1.807, 2.05) is 30.3 Å². The SMILES string of the molecule is [2H]c1c([2H])c(C(C)(C)C)c([2H])c([2H])c1-c1c([2H])c(C(C)(C)C)c([2H])c(-c2c([2H])c(C(C)(C)C)c([2H])c(C(C)(C)C)c2[2H])c1N1c2cc(-c3cc(C(C)(C)C)cc(C(C)(C)C)c3)ccc2B2c3ccc(-n4c5c([2H])c([2H])c([2H])c([2H])c5c5c([2H])c([2H])c([2H])c([2H])c54)cc3N(c3c(-c4c([2H])c([2H])c(C(C)(C)C)c([2H])c4[2H])c([2H])c(C(C)(C)C)c([2H])c3-c3c([2H])c([2H])c(C(C)(C)C)c([2H])c3C(C)(C)C)c3cc(-n4c5c([2H])c([2H])c([2H])c([2H])c5c5c([2H])c([2H])c([2H])c([2H])c54)cc1c32. The third-order valence-corrected chi connectivity index (χ3v) is 24.8. The van der Waals surface area contributed by atoms with Gasteiger partial charge in [0, 0.05) is 72.2 Å². The van der Waals surface area contributed by atoms with Gasteiger partial charge in [-0.2, -0.15) is 0 Å². The van der Waals surface area contributed by atoms with E-state index in [2.05, 4.69) is 47.6 Å². The lowest BCUT2D eigenvalue weighted by molar-refractivity contribution is 0.568. The van der Waals surface area contributed by atoms with Crippen LogP contribution in [-0.2, 0) is 54.1 Å². The van der Waals surface area contributed by atoms with Crippen LogP contribution in [0.3, 0.4) is 0 Å². The second kappa shape index (κ2) is 30.5. The Kier molecular flexibility index (Phi) is 13.2. The third-order valence-electron chi connectivity index (χ3n) is 24.8. The monoisotopic (exact) mass is 1730 g/mol. The predicted octanol–water partition coefficient (Wildman–Crippen LogP) is 33.3. The number of rotatable bonds is 9. The Bertz CT molecular complexity index is 9100. The maximum absolute atomic E-state index is 12.0. The Morgan fingerprint density at radius 3 is 0.953 bits per heavy atom. The summed E-state index contributed by atoms with van der Waals surface area (Å²) in [5, 5.41) is -1.71.